The summed E-state index contributed by atoms with van der Waals surface area (Å²) in [5.41, 5.74) is 0.621. The number of rotatable bonds is 8. The van der Waals surface area contributed by atoms with Gasteiger partial charge in [-0.25, -0.2) is 13.1 Å². The molecule has 0 bridgehead atoms. The first-order chi connectivity index (χ1) is 11.5. The summed E-state index contributed by atoms with van der Waals surface area (Å²) in [7, 11) is -3.49. The molecule has 0 unspecified atom stereocenters. The van der Waals surface area contributed by atoms with Crippen LogP contribution in [0.1, 0.15) is 30.1 Å². The fourth-order valence-corrected chi connectivity index (χ4v) is 3.59. The number of benzene rings is 2. The number of hydrogen-bond acceptors (Lipinski definition) is 3. The van der Waals surface area contributed by atoms with Gasteiger partial charge >= 0.3 is 0 Å². The van der Waals surface area contributed by atoms with Gasteiger partial charge in [-0.2, -0.15) is 0 Å². The largest absolute Gasteiger partial charge is 0.352 e. The number of amides is 1. The highest BCUT2D eigenvalue weighted by atomic mass is 32.2. The summed E-state index contributed by atoms with van der Waals surface area (Å²) in [4.78, 5) is 12.1. The van der Waals surface area contributed by atoms with Crippen molar-refractivity contribution in [3.8, 4) is 0 Å². The van der Waals surface area contributed by atoms with Crippen molar-refractivity contribution in [3.63, 3.8) is 0 Å². The second kappa shape index (κ2) is 8.61. The molecule has 0 aliphatic heterocycles. The van der Waals surface area contributed by atoms with Crippen molar-refractivity contribution in [1.29, 1.82) is 0 Å². The first-order valence-corrected chi connectivity index (χ1v) is 9.38. The van der Waals surface area contributed by atoms with Crippen LogP contribution < -0.4 is 10.0 Å². The van der Waals surface area contributed by atoms with Gasteiger partial charge in [0.25, 0.3) is 5.91 Å². The van der Waals surface area contributed by atoms with Gasteiger partial charge < -0.3 is 5.32 Å². The minimum absolute atomic E-state index is 0.117. The lowest BCUT2D eigenvalue weighted by Crippen LogP contribution is -2.33. The maximum Gasteiger partial charge on any atom is 0.251 e. The van der Waals surface area contributed by atoms with Gasteiger partial charge in [0.15, 0.2) is 0 Å². The molecule has 6 heteroatoms. The Kier molecular flexibility index (Phi) is 6.52. The molecule has 0 aliphatic rings. The van der Waals surface area contributed by atoms with Crippen LogP contribution in [-0.2, 0) is 10.0 Å². The van der Waals surface area contributed by atoms with Crippen LogP contribution in [0.15, 0.2) is 65.6 Å². The molecule has 0 fully saturated rings. The molecule has 1 amide bonds. The van der Waals surface area contributed by atoms with Crippen molar-refractivity contribution >= 4 is 15.9 Å². The second-order valence-corrected chi connectivity index (χ2v) is 7.31. The van der Waals surface area contributed by atoms with E-state index >= 15 is 0 Å². The smallest absolute Gasteiger partial charge is 0.251 e. The van der Waals surface area contributed by atoms with E-state index in [1.165, 1.54) is 0 Å². The Balaban J connectivity index is 1.74. The monoisotopic (exact) mass is 346 g/mol. The van der Waals surface area contributed by atoms with Gasteiger partial charge in [-0.15, -0.1) is 0 Å². The number of carbonyl (C=O) groups excluding carboxylic acids is 1. The average Bonchev–Trinajstić information content (AvgIpc) is 2.59. The van der Waals surface area contributed by atoms with E-state index in [2.05, 4.69) is 10.0 Å². The van der Waals surface area contributed by atoms with E-state index in [1.54, 1.807) is 42.5 Å². The van der Waals surface area contributed by atoms with Crippen molar-refractivity contribution in [3.05, 3.63) is 66.2 Å². The average molecular weight is 346 g/mol. The van der Waals surface area contributed by atoms with E-state index in [-0.39, 0.29) is 16.8 Å². The Morgan fingerprint density at radius 1 is 1.00 bits per heavy atom. The summed E-state index contributed by atoms with van der Waals surface area (Å²) in [5.74, 6) is -0.117. The number of carbonyl (C=O) groups is 1. The lowest BCUT2D eigenvalue weighted by atomic mass is 10.2. The fourth-order valence-electron chi connectivity index (χ4n) is 2.29. The maximum absolute atomic E-state index is 12.2. The van der Waals surface area contributed by atoms with Crippen molar-refractivity contribution in [1.82, 2.24) is 10.0 Å². The van der Waals surface area contributed by atoms with Crippen LogP contribution in [0, 0.1) is 0 Å². The van der Waals surface area contributed by atoms with Gasteiger partial charge in [0.2, 0.25) is 10.0 Å². The summed E-state index contributed by atoms with van der Waals surface area (Å²) < 4.78 is 27.0. The molecule has 5 nitrogen and oxygen atoms in total. The van der Waals surface area contributed by atoms with E-state index in [9.17, 15) is 13.2 Å². The minimum Gasteiger partial charge on any atom is -0.352 e. The summed E-state index contributed by atoms with van der Waals surface area (Å²) in [6, 6.07) is 17.1. The van der Waals surface area contributed by atoms with Crippen LogP contribution in [0.2, 0.25) is 0 Å². The summed E-state index contributed by atoms with van der Waals surface area (Å²) in [6.45, 7) is 2.32. The molecule has 2 aromatic carbocycles. The fraction of sp³-hybridized carbons (Fsp3) is 0.278. The zero-order valence-electron chi connectivity index (χ0n) is 13.6. The molecule has 0 heterocycles. The quantitative estimate of drug-likeness (QED) is 0.721. The van der Waals surface area contributed by atoms with Crippen LogP contribution in [0.4, 0.5) is 0 Å². The molecule has 1 atom stereocenters. The highest BCUT2D eigenvalue weighted by Gasteiger charge is 2.16. The predicted octanol–water partition coefficient (Wildman–Crippen LogP) is 2.56. The summed E-state index contributed by atoms with van der Waals surface area (Å²) in [6.07, 6.45) is 1.33. The van der Waals surface area contributed by atoms with Crippen LogP contribution in [0.5, 0.6) is 0 Å². The second-order valence-electron chi connectivity index (χ2n) is 5.60. The molecular weight excluding hydrogens is 324 g/mol. The van der Waals surface area contributed by atoms with Crippen molar-refractivity contribution in [2.24, 2.45) is 0 Å². The van der Waals surface area contributed by atoms with Crippen molar-refractivity contribution in [2.45, 2.75) is 30.7 Å². The predicted molar refractivity (Wildman–Crippen MR) is 94.2 cm³/mol. The highest BCUT2D eigenvalue weighted by Crippen LogP contribution is 2.09. The van der Waals surface area contributed by atoms with E-state index < -0.39 is 10.0 Å². The summed E-state index contributed by atoms with van der Waals surface area (Å²) >= 11 is 0. The molecule has 0 radical (unpaired) electrons. The third-order valence-electron chi connectivity index (χ3n) is 3.55. The number of sulfonamides is 1. The van der Waals surface area contributed by atoms with Crippen molar-refractivity contribution in [2.75, 3.05) is 6.54 Å². The Bertz CT molecular complexity index is 746. The molecule has 0 spiro atoms. The third kappa shape index (κ3) is 5.47. The zero-order valence-corrected chi connectivity index (χ0v) is 14.4. The Morgan fingerprint density at radius 2 is 1.58 bits per heavy atom. The molecule has 128 valence electrons. The van der Waals surface area contributed by atoms with Gasteiger partial charge in [0.05, 0.1) is 4.90 Å². The van der Waals surface area contributed by atoms with Crippen molar-refractivity contribution < 1.29 is 13.2 Å². The lowest BCUT2D eigenvalue weighted by molar-refractivity contribution is 0.0952. The Hall–Kier alpha value is -2.18. The number of hydrogen-bond donors (Lipinski definition) is 2. The standard InChI is InChI=1S/C18H22N2O3S/c1-15(20-24(22,23)17-12-6-3-7-13-17)9-8-14-19-18(21)16-10-4-2-5-11-16/h2-7,10-13,15,20H,8-9,14H2,1H3,(H,19,21)/t15-/m1/s1. The lowest BCUT2D eigenvalue weighted by Gasteiger charge is -2.14. The Labute approximate surface area is 143 Å². The molecule has 2 rings (SSSR count). The topological polar surface area (TPSA) is 75.3 Å². The van der Waals surface area contributed by atoms with Crippen LogP contribution in [0.3, 0.4) is 0 Å². The molecule has 0 aromatic heterocycles. The third-order valence-corrected chi connectivity index (χ3v) is 5.15. The molecule has 0 aliphatic carbocycles. The zero-order chi connectivity index (χ0) is 17.4. The molecule has 0 saturated carbocycles. The van der Waals surface area contributed by atoms with Crippen LogP contribution in [0.25, 0.3) is 0 Å². The minimum atomic E-state index is -3.49. The van der Waals surface area contributed by atoms with E-state index in [0.29, 0.717) is 24.9 Å². The van der Waals surface area contributed by atoms with Crippen LogP contribution in [-0.4, -0.2) is 26.9 Å². The van der Waals surface area contributed by atoms with Gasteiger partial charge in [-0.05, 0) is 44.0 Å². The van der Waals surface area contributed by atoms with E-state index in [0.717, 1.165) is 0 Å². The summed E-state index contributed by atoms with van der Waals surface area (Å²) in [5, 5.41) is 2.83. The first-order valence-electron chi connectivity index (χ1n) is 7.89. The van der Waals surface area contributed by atoms with E-state index in [1.807, 2.05) is 25.1 Å². The Morgan fingerprint density at radius 3 is 2.21 bits per heavy atom. The van der Waals surface area contributed by atoms with Gasteiger partial charge in [-0.3, -0.25) is 4.79 Å². The molecule has 24 heavy (non-hydrogen) atoms. The number of nitrogens with one attached hydrogen (secondary N) is 2. The van der Waals surface area contributed by atoms with Gasteiger partial charge in [-0.1, -0.05) is 36.4 Å². The van der Waals surface area contributed by atoms with Crippen LogP contribution >= 0.6 is 0 Å². The first kappa shape index (κ1) is 18.2. The van der Waals surface area contributed by atoms with Gasteiger partial charge in [0.1, 0.15) is 0 Å². The highest BCUT2D eigenvalue weighted by molar-refractivity contribution is 7.89. The SMILES string of the molecule is C[C@H](CCCNC(=O)c1ccccc1)NS(=O)(=O)c1ccccc1. The molecule has 0 saturated heterocycles. The maximum atomic E-state index is 12.2. The molecular formula is C18H22N2O3S. The molecule has 2 N–H and O–H groups in total. The van der Waals surface area contributed by atoms with Gasteiger partial charge in [0, 0.05) is 18.2 Å². The van der Waals surface area contributed by atoms with E-state index in [4.69, 9.17) is 0 Å². The molecule has 2 aromatic rings. The normalized spacial score (nSPS) is 12.5.